The molecule has 2 aromatic carbocycles. The summed E-state index contributed by atoms with van der Waals surface area (Å²) in [7, 11) is 0. The summed E-state index contributed by atoms with van der Waals surface area (Å²) in [6.07, 6.45) is 3.53. The van der Waals surface area contributed by atoms with Crippen molar-refractivity contribution in [1.82, 2.24) is 0 Å². The fraction of sp³-hybridized carbons (Fsp3) is 0.0625. The Balaban J connectivity index is 1.95. The van der Waals surface area contributed by atoms with Crippen molar-refractivity contribution in [2.75, 3.05) is 6.79 Å². The van der Waals surface area contributed by atoms with Crippen molar-refractivity contribution in [3.63, 3.8) is 0 Å². The molecule has 2 aromatic rings. The van der Waals surface area contributed by atoms with Crippen LogP contribution in [0.25, 0.3) is 12.2 Å². The van der Waals surface area contributed by atoms with Crippen LogP contribution in [-0.2, 0) is 0 Å². The van der Waals surface area contributed by atoms with E-state index in [1.165, 1.54) is 12.1 Å². The summed E-state index contributed by atoms with van der Waals surface area (Å²) >= 11 is 3.45. The molecule has 23 heavy (non-hydrogen) atoms. The Morgan fingerprint density at radius 2 is 1.87 bits per heavy atom. The molecule has 6 nitrogen and oxygen atoms in total. The number of hydrogen-bond donors (Lipinski definition) is 0. The van der Waals surface area contributed by atoms with Crippen molar-refractivity contribution < 1.29 is 14.4 Å². The van der Waals surface area contributed by atoms with Gasteiger partial charge < -0.3 is 9.47 Å². The summed E-state index contributed by atoms with van der Waals surface area (Å²) in [5, 5.41) is 19.9. The number of halogens is 1. The van der Waals surface area contributed by atoms with Gasteiger partial charge in [-0.3, -0.25) is 10.1 Å². The smallest absolute Gasteiger partial charge is 0.270 e. The Bertz CT molecular complexity index is 871. The van der Waals surface area contributed by atoms with Crippen molar-refractivity contribution in [2.24, 2.45) is 0 Å². The minimum Gasteiger partial charge on any atom is -0.454 e. The van der Waals surface area contributed by atoms with Gasteiger partial charge in [-0.2, -0.15) is 5.26 Å². The van der Waals surface area contributed by atoms with Crippen molar-refractivity contribution in [3.05, 3.63) is 61.6 Å². The second-order valence-corrected chi connectivity index (χ2v) is 5.56. The van der Waals surface area contributed by atoms with Gasteiger partial charge in [-0.25, -0.2) is 0 Å². The van der Waals surface area contributed by atoms with Crippen LogP contribution in [0.15, 0.2) is 34.8 Å². The van der Waals surface area contributed by atoms with Crippen LogP contribution < -0.4 is 9.47 Å². The number of ether oxygens (including phenoxy) is 2. The predicted octanol–water partition coefficient (Wildman–Crippen LogP) is 4.13. The molecule has 1 aliphatic heterocycles. The molecule has 0 amide bonds. The van der Waals surface area contributed by atoms with Crippen LogP contribution in [-0.4, -0.2) is 11.7 Å². The number of non-ortho nitro benzene ring substituents is 1. The van der Waals surface area contributed by atoms with Crippen LogP contribution in [0.2, 0.25) is 0 Å². The lowest BCUT2D eigenvalue weighted by atomic mass is 10.1. The zero-order chi connectivity index (χ0) is 16.4. The number of fused-ring (bicyclic) bond motifs is 1. The van der Waals surface area contributed by atoms with E-state index in [1.807, 2.05) is 18.2 Å². The van der Waals surface area contributed by atoms with Gasteiger partial charge in [0.1, 0.15) is 6.07 Å². The maximum Gasteiger partial charge on any atom is 0.270 e. The molecule has 0 saturated heterocycles. The zero-order valence-corrected chi connectivity index (χ0v) is 13.2. The minimum absolute atomic E-state index is 0.108. The fourth-order valence-corrected chi connectivity index (χ4v) is 2.59. The molecule has 0 bridgehead atoms. The molecule has 3 rings (SSSR count). The molecule has 0 saturated carbocycles. The van der Waals surface area contributed by atoms with E-state index < -0.39 is 4.92 Å². The number of nitrogens with zero attached hydrogens (tertiary/aromatic N) is 2. The number of nitro groups is 1. The van der Waals surface area contributed by atoms with Crippen molar-refractivity contribution >= 4 is 33.8 Å². The van der Waals surface area contributed by atoms with Crippen LogP contribution in [0.1, 0.15) is 16.7 Å². The summed E-state index contributed by atoms with van der Waals surface area (Å²) in [5.41, 5.74) is 1.58. The van der Waals surface area contributed by atoms with Crippen LogP contribution >= 0.6 is 15.9 Å². The van der Waals surface area contributed by atoms with E-state index in [0.717, 1.165) is 10.0 Å². The maximum absolute atomic E-state index is 10.8. The summed E-state index contributed by atoms with van der Waals surface area (Å²) in [4.78, 5) is 10.2. The molecule has 0 unspecified atom stereocenters. The van der Waals surface area contributed by atoms with E-state index in [-0.39, 0.29) is 18.0 Å². The first-order chi connectivity index (χ1) is 11.1. The Labute approximate surface area is 139 Å². The van der Waals surface area contributed by atoms with Gasteiger partial charge in [-0.1, -0.05) is 28.1 Å². The number of hydrogen-bond acceptors (Lipinski definition) is 5. The van der Waals surface area contributed by atoms with E-state index in [1.54, 1.807) is 18.2 Å². The highest BCUT2D eigenvalue weighted by molar-refractivity contribution is 9.10. The van der Waals surface area contributed by atoms with Crippen LogP contribution in [0.4, 0.5) is 5.69 Å². The van der Waals surface area contributed by atoms with Crippen molar-refractivity contribution in [2.45, 2.75) is 0 Å². The standard InChI is InChI=1S/C16H9BrN2O4/c17-14-7-16-15(22-9-23-16)6-11(14)2-1-10-3-4-13(19(20)21)5-12(10)8-18/h1-7H,9H2. The lowest BCUT2D eigenvalue weighted by Crippen LogP contribution is -1.92. The summed E-state index contributed by atoms with van der Waals surface area (Å²) in [6, 6.07) is 9.78. The third-order valence-electron chi connectivity index (χ3n) is 3.30. The average molecular weight is 373 g/mol. The number of rotatable bonds is 3. The molecular formula is C16H9BrN2O4. The van der Waals surface area contributed by atoms with Gasteiger partial charge in [0.15, 0.2) is 11.5 Å². The molecule has 7 heteroatoms. The van der Waals surface area contributed by atoms with E-state index in [4.69, 9.17) is 14.7 Å². The van der Waals surface area contributed by atoms with Crippen LogP contribution in [0, 0.1) is 21.4 Å². The lowest BCUT2D eigenvalue weighted by molar-refractivity contribution is -0.384. The summed E-state index contributed by atoms with van der Waals surface area (Å²) in [5.74, 6) is 1.32. The Morgan fingerprint density at radius 1 is 1.17 bits per heavy atom. The average Bonchev–Trinajstić information content (AvgIpc) is 2.99. The minimum atomic E-state index is -0.525. The highest BCUT2D eigenvalue weighted by Gasteiger charge is 2.15. The van der Waals surface area contributed by atoms with Gasteiger partial charge in [0.2, 0.25) is 6.79 Å². The first-order valence-corrected chi connectivity index (χ1v) is 7.33. The highest BCUT2D eigenvalue weighted by Crippen LogP contribution is 2.37. The summed E-state index contributed by atoms with van der Waals surface area (Å²) in [6.45, 7) is 0.190. The first kappa shape index (κ1) is 15.1. The third-order valence-corrected chi connectivity index (χ3v) is 3.99. The van der Waals surface area contributed by atoms with Gasteiger partial charge in [-0.05, 0) is 29.3 Å². The number of benzene rings is 2. The highest BCUT2D eigenvalue weighted by atomic mass is 79.9. The molecule has 0 N–H and O–H groups in total. The molecule has 114 valence electrons. The molecule has 0 aliphatic carbocycles. The van der Waals surface area contributed by atoms with Gasteiger partial charge in [0, 0.05) is 16.6 Å². The lowest BCUT2D eigenvalue weighted by Gasteiger charge is -2.02. The third kappa shape index (κ3) is 3.03. The fourth-order valence-electron chi connectivity index (χ4n) is 2.14. The first-order valence-electron chi connectivity index (χ1n) is 6.54. The predicted molar refractivity (Wildman–Crippen MR) is 87.0 cm³/mol. The Morgan fingerprint density at radius 3 is 2.57 bits per heavy atom. The molecule has 1 heterocycles. The maximum atomic E-state index is 10.8. The van der Waals surface area contributed by atoms with Crippen molar-refractivity contribution in [3.8, 4) is 17.6 Å². The topological polar surface area (TPSA) is 85.4 Å². The van der Waals surface area contributed by atoms with Gasteiger partial charge >= 0.3 is 0 Å². The van der Waals surface area contributed by atoms with Crippen molar-refractivity contribution in [1.29, 1.82) is 5.26 Å². The molecular weight excluding hydrogens is 364 g/mol. The van der Waals surface area contributed by atoms with E-state index >= 15 is 0 Å². The molecule has 1 aliphatic rings. The van der Waals surface area contributed by atoms with Gasteiger partial charge in [0.05, 0.1) is 10.5 Å². The van der Waals surface area contributed by atoms with E-state index in [0.29, 0.717) is 17.1 Å². The van der Waals surface area contributed by atoms with Gasteiger partial charge in [-0.15, -0.1) is 0 Å². The van der Waals surface area contributed by atoms with Crippen LogP contribution in [0.5, 0.6) is 11.5 Å². The molecule has 0 fully saturated rings. The SMILES string of the molecule is N#Cc1cc([N+](=O)[O-])ccc1C=Cc1cc2c(cc1Br)OCO2. The Hall–Kier alpha value is -2.85. The van der Waals surface area contributed by atoms with Gasteiger partial charge in [0.25, 0.3) is 5.69 Å². The second-order valence-electron chi connectivity index (χ2n) is 4.70. The normalized spacial score (nSPS) is 12.3. The molecule has 0 aromatic heterocycles. The monoisotopic (exact) mass is 372 g/mol. The molecule has 0 spiro atoms. The van der Waals surface area contributed by atoms with E-state index in [2.05, 4.69) is 15.9 Å². The summed E-state index contributed by atoms with van der Waals surface area (Å²) < 4.78 is 11.4. The van der Waals surface area contributed by atoms with E-state index in [9.17, 15) is 10.1 Å². The largest absolute Gasteiger partial charge is 0.454 e. The quantitative estimate of drug-likeness (QED) is 0.459. The van der Waals surface area contributed by atoms with Crippen LogP contribution in [0.3, 0.4) is 0 Å². The number of nitriles is 1. The zero-order valence-electron chi connectivity index (χ0n) is 11.7. The number of nitro benzene ring substituents is 1. The second kappa shape index (κ2) is 6.10. The Kier molecular flexibility index (Phi) is 4.00. The molecule has 0 atom stereocenters. The molecule has 0 radical (unpaired) electrons.